The molecule has 1 amide bonds. The largest absolute Gasteiger partial charge is 0.477 e. The predicted octanol–water partition coefficient (Wildman–Crippen LogP) is -2.26. The summed E-state index contributed by atoms with van der Waals surface area (Å²) in [5, 5.41) is 24.0. The summed E-state index contributed by atoms with van der Waals surface area (Å²) >= 11 is 1.31. The number of hydrogen-bond donors (Lipinski definition) is 3. The van der Waals surface area contributed by atoms with Crippen molar-refractivity contribution in [3.05, 3.63) is 11.3 Å². The Bertz CT molecular complexity index is 642. The standard InChI is InChI=1S/C10H13N7O3S/c1-16-10(13-14-15-16)21-3-4-2-12-7-5(11)8(18)17(7)6(4)9(19)20/h5,7,12H,2-3,11H2,1H3,(H,19,20)/t5-,7-/m0/s1. The number of thioether (sulfide) groups is 1. The van der Waals surface area contributed by atoms with Crippen LogP contribution in [0.5, 0.6) is 0 Å². The molecule has 1 fully saturated rings. The Hall–Kier alpha value is -1.98. The maximum absolute atomic E-state index is 11.8. The van der Waals surface area contributed by atoms with Gasteiger partial charge < -0.3 is 10.8 Å². The molecule has 3 heterocycles. The van der Waals surface area contributed by atoms with Crippen LogP contribution in [0.1, 0.15) is 0 Å². The summed E-state index contributed by atoms with van der Waals surface area (Å²) in [4.78, 5) is 24.4. The van der Waals surface area contributed by atoms with Crippen LogP contribution in [-0.2, 0) is 16.6 Å². The fourth-order valence-electron chi connectivity index (χ4n) is 2.33. The van der Waals surface area contributed by atoms with E-state index in [2.05, 4.69) is 20.8 Å². The Labute approximate surface area is 123 Å². The number of nitrogens with one attached hydrogen (secondary N) is 1. The first kappa shape index (κ1) is 14.0. The van der Waals surface area contributed by atoms with Crippen molar-refractivity contribution < 1.29 is 14.7 Å². The number of tetrazole rings is 1. The van der Waals surface area contributed by atoms with Crippen molar-refractivity contribution in [2.75, 3.05) is 12.3 Å². The smallest absolute Gasteiger partial charge is 0.352 e. The molecule has 3 rings (SSSR count). The first-order valence-corrected chi connectivity index (χ1v) is 7.11. The molecule has 0 spiro atoms. The molecule has 112 valence electrons. The zero-order valence-corrected chi connectivity index (χ0v) is 11.9. The molecule has 2 aliphatic heterocycles. The Morgan fingerprint density at radius 3 is 3.00 bits per heavy atom. The van der Waals surface area contributed by atoms with Crippen molar-refractivity contribution in [1.29, 1.82) is 0 Å². The Morgan fingerprint density at radius 2 is 2.38 bits per heavy atom. The van der Waals surface area contributed by atoms with Gasteiger partial charge in [-0.1, -0.05) is 11.8 Å². The number of β-lactam (4-membered cyclic amide) rings is 1. The highest BCUT2D eigenvalue weighted by molar-refractivity contribution is 7.99. The summed E-state index contributed by atoms with van der Waals surface area (Å²) < 4.78 is 1.50. The average Bonchev–Trinajstić information content (AvgIpc) is 2.88. The van der Waals surface area contributed by atoms with E-state index in [0.29, 0.717) is 23.0 Å². The molecule has 0 aromatic carbocycles. The average molecular weight is 311 g/mol. The molecular weight excluding hydrogens is 298 g/mol. The van der Waals surface area contributed by atoms with Crippen molar-refractivity contribution in [2.24, 2.45) is 12.8 Å². The number of carboxylic acid groups (broad SMARTS) is 1. The topological polar surface area (TPSA) is 139 Å². The monoisotopic (exact) mass is 311 g/mol. The van der Waals surface area contributed by atoms with E-state index in [0.717, 1.165) is 0 Å². The third-order valence-electron chi connectivity index (χ3n) is 3.40. The number of aromatic nitrogens is 4. The number of carbonyl (C=O) groups excluding carboxylic acids is 1. The second-order valence-corrected chi connectivity index (χ2v) is 5.63. The summed E-state index contributed by atoms with van der Waals surface area (Å²) in [5.41, 5.74) is 6.26. The lowest BCUT2D eigenvalue weighted by Crippen LogP contribution is -2.75. The zero-order valence-electron chi connectivity index (χ0n) is 11.1. The van der Waals surface area contributed by atoms with Crippen LogP contribution in [0.4, 0.5) is 0 Å². The lowest BCUT2D eigenvalue weighted by atomic mass is 9.97. The predicted molar refractivity (Wildman–Crippen MR) is 70.8 cm³/mol. The Morgan fingerprint density at radius 1 is 1.62 bits per heavy atom. The molecule has 2 aliphatic rings. The normalized spacial score (nSPS) is 24.9. The summed E-state index contributed by atoms with van der Waals surface area (Å²) in [6, 6.07) is -0.684. The van der Waals surface area contributed by atoms with Crippen molar-refractivity contribution >= 4 is 23.6 Å². The van der Waals surface area contributed by atoms with Gasteiger partial charge in [0.25, 0.3) is 0 Å². The molecule has 1 saturated heterocycles. The van der Waals surface area contributed by atoms with Gasteiger partial charge in [-0.3, -0.25) is 15.0 Å². The van der Waals surface area contributed by atoms with Crippen molar-refractivity contribution in [3.63, 3.8) is 0 Å². The minimum Gasteiger partial charge on any atom is -0.477 e. The zero-order chi connectivity index (χ0) is 15.1. The van der Waals surface area contributed by atoms with Crippen LogP contribution in [-0.4, -0.2) is 66.6 Å². The number of nitrogens with zero attached hydrogens (tertiary/aromatic N) is 5. The molecule has 21 heavy (non-hydrogen) atoms. The third-order valence-corrected chi connectivity index (χ3v) is 4.50. The highest BCUT2D eigenvalue weighted by Gasteiger charge is 2.51. The van der Waals surface area contributed by atoms with Crippen molar-refractivity contribution in [1.82, 2.24) is 30.4 Å². The van der Waals surface area contributed by atoms with Gasteiger partial charge in [-0.15, -0.1) is 5.10 Å². The molecule has 1 aromatic rings. The second kappa shape index (κ2) is 5.09. The number of nitrogens with two attached hydrogens (primary N) is 1. The molecule has 10 nitrogen and oxygen atoms in total. The molecule has 11 heteroatoms. The van der Waals surface area contributed by atoms with Crippen LogP contribution in [0.15, 0.2) is 16.4 Å². The van der Waals surface area contributed by atoms with E-state index in [1.807, 2.05) is 0 Å². The van der Waals surface area contributed by atoms with Crippen LogP contribution in [0.2, 0.25) is 0 Å². The number of carbonyl (C=O) groups is 2. The Balaban J connectivity index is 1.83. The van der Waals surface area contributed by atoms with E-state index in [-0.39, 0.29) is 11.6 Å². The van der Waals surface area contributed by atoms with Crippen LogP contribution >= 0.6 is 11.8 Å². The number of hydrogen-bond acceptors (Lipinski definition) is 8. The van der Waals surface area contributed by atoms with E-state index in [1.165, 1.54) is 21.3 Å². The molecule has 0 bridgehead atoms. The lowest BCUT2D eigenvalue weighted by Gasteiger charge is -2.48. The number of rotatable bonds is 4. The highest BCUT2D eigenvalue weighted by atomic mass is 32.2. The SMILES string of the molecule is Cn1nnnc1SCC1=C(C(=O)O)N2C(=O)[C@@H](N)[C@H]2NC1. The lowest BCUT2D eigenvalue weighted by molar-refractivity contribution is -0.153. The molecule has 1 aromatic heterocycles. The van der Waals surface area contributed by atoms with Gasteiger partial charge >= 0.3 is 5.97 Å². The van der Waals surface area contributed by atoms with E-state index >= 15 is 0 Å². The van der Waals surface area contributed by atoms with Gasteiger partial charge in [0.15, 0.2) is 0 Å². The minimum absolute atomic E-state index is 0.00748. The molecule has 0 radical (unpaired) electrons. The van der Waals surface area contributed by atoms with Gasteiger partial charge in [-0.25, -0.2) is 9.48 Å². The fraction of sp³-hybridized carbons (Fsp3) is 0.500. The van der Waals surface area contributed by atoms with Gasteiger partial charge in [0.05, 0.1) is 0 Å². The molecule has 0 unspecified atom stereocenters. The first-order valence-electron chi connectivity index (χ1n) is 6.13. The first-order chi connectivity index (χ1) is 10.0. The summed E-state index contributed by atoms with van der Waals surface area (Å²) in [5.74, 6) is -1.14. The van der Waals surface area contributed by atoms with Crippen LogP contribution in [0, 0.1) is 0 Å². The number of fused-ring (bicyclic) bond motifs is 1. The quantitative estimate of drug-likeness (QED) is 0.415. The van der Waals surface area contributed by atoms with Crippen molar-refractivity contribution in [2.45, 2.75) is 17.4 Å². The van der Waals surface area contributed by atoms with Crippen LogP contribution < -0.4 is 11.1 Å². The molecule has 4 N–H and O–H groups in total. The number of aryl methyl sites for hydroxylation is 1. The Kier molecular flexibility index (Phi) is 3.39. The number of aliphatic carboxylic acids is 1. The highest BCUT2D eigenvalue weighted by Crippen LogP contribution is 2.30. The van der Waals surface area contributed by atoms with Gasteiger partial charge in [0.1, 0.15) is 17.9 Å². The second-order valence-electron chi connectivity index (χ2n) is 4.69. The van der Waals surface area contributed by atoms with Gasteiger partial charge in [0, 0.05) is 19.3 Å². The van der Waals surface area contributed by atoms with Gasteiger partial charge in [0.2, 0.25) is 11.1 Å². The van der Waals surface area contributed by atoms with Gasteiger partial charge in [-0.2, -0.15) is 0 Å². The van der Waals surface area contributed by atoms with Crippen molar-refractivity contribution in [3.8, 4) is 0 Å². The van der Waals surface area contributed by atoms with Gasteiger partial charge in [-0.05, 0) is 16.0 Å². The van der Waals surface area contributed by atoms with E-state index in [9.17, 15) is 14.7 Å². The minimum atomic E-state index is -1.13. The van der Waals surface area contributed by atoms with E-state index < -0.39 is 18.2 Å². The molecule has 0 aliphatic carbocycles. The van der Waals surface area contributed by atoms with Crippen LogP contribution in [0.3, 0.4) is 0 Å². The maximum Gasteiger partial charge on any atom is 0.352 e. The molecule has 2 atom stereocenters. The number of carboxylic acids is 1. The van der Waals surface area contributed by atoms with E-state index in [1.54, 1.807) is 7.05 Å². The van der Waals surface area contributed by atoms with Crippen LogP contribution in [0.25, 0.3) is 0 Å². The summed E-state index contributed by atoms with van der Waals surface area (Å²) in [7, 11) is 1.70. The summed E-state index contributed by atoms with van der Waals surface area (Å²) in [6.07, 6.45) is -0.436. The van der Waals surface area contributed by atoms with E-state index in [4.69, 9.17) is 5.73 Å². The molecular formula is C10H13N7O3S. The third kappa shape index (κ3) is 2.18. The number of amides is 1. The summed E-state index contributed by atoms with van der Waals surface area (Å²) in [6.45, 7) is 0.363. The fourth-order valence-corrected chi connectivity index (χ4v) is 3.19. The molecule has 0 saturated carbocycles. The maximum atomic E-state index is 11.8.